The Bertz CT molecular complexity index is 532. The van der Waals surface area contributed by atoms with Gasteiger partial charge in [-0.1, -0.05) is 0 Å². The maximum Gasteiger partial charge on any atom is 0.227 e. The first-order valence-corrected chi connectivity index (χ1v) is 8.40. The molecule has 0 aliphatic heterocycles. The highest BCUT2D eigenvalue weighted by molar-refractivity contribution is 5.92. The van der Waals surface area contributed by atoms with Gasteiger partial charge in [-0.05, 0) is 63.8 Å². The fourth-order valence-corrected chi connectivity index (χ4v) is 3.17. The van der Waals surface area contributed by atoms with Gasteiger partial charge in [0.15, 0.2) is 0 Å². The average Bonchev–Trinajstić information content (AvgIpc) is 2.58. The lowest BCUT2D eigenvalue weighted by atomic mass is 9.81. The molecule has 4 nitrogen and oxygen atoms in total. The smallest absolute Gasteiger partial charge is 0.227 e. The SMILES string of the molecule is CCN(CC)C(=O)C1CCC(C(=O)Nc2ccc(F)cc2)CC1. The van der Waals surface area contributed by atoms with Crippen LogP contribution in [0.5, 0.6) is 0 Å². The Morgan fingerprint density at radius 1 is 1.04 bits per heavy atom. The summed E-state index contributed by atoms with van der Waals surface area (Å²) < 4.78 is 12.9. The molecule has 1 N–H and O–H groups in total. The number of nitrogens with zero attached hydrogens (tertiary/aromatic N) is 1. The molecule has 0 radical (unpaired) electrons. The van der Waals surface area contributed by atoms with Crippen LogP contribution in [-0.4, -0.2) is 29.8 Å². The summed E-state index contributed by atoms with van der Waals surface area (Å²) in [6.45, 7) is 5.45. The Hall–Kier alpha value is -1.91. The quantitative estimate of drug-likeness (QED) is 0.903. The summed E-state index contributed by atoms with van der Waals surface area (Å²) in [7, 11) is 0. The van der Waals surface area contributed by atoms with Gasteiger partial charge in [0.2, 0.25) is 11.8 Å². The number of hydrogen-bond donors (Lipinski definition) is 1. The number of nitrogens with one attached hydrogen (secondary N) is 1. The monoisotopic (exact) mass is 320 g/mol. The minimum Gasteiger partial charge on any atom is -0.343 e. The zero-order valence-electron chi connectivity index (χ0n) is 13.8. The van der Waals surface area contributed by atoms with Gasteiger partial charge in [-0.25, -0.2) is 4.39 Å². The van der Waals surface area contributed by atoms with E-state index in [-0.39, 0.29) is 29.5 Å². The van der Waals surface area contributed by atoms with Crippen molar-refractivity contribution >= 4 is 17.5 Å². The van der Waals surface area contributed by atoms with Gasteiger partial charge < -0.3 is 10.2 Å². The zero-order chi connectivity index (χ0) is 16.8. The van der Waals surface area contributed by atoms with Gasteiger partial charge in [-0.3, -0.25) is 9.59 Å². The summed E-state index contributed by atoms with van der Waals surface area (Å²) in [5.74, 6) is -0.165. The van der Waals surface area contributed by atoms with Gasteiger partial charge in [0.1, 0.15) is 5.82 Å². The summed E-state index contributed by atoms with van der Waals surface area (Å²) in [6.07, 6.45) is 2.98. The van der Waals surface area contributed by atoms with Crippen molar-refractivity contribution in [1.82, 2.24) is 4.90 Å². The first-order chi connectivity index (χ1) is 11.0. The first kappa shape index (κ1) is 17.4. The minimum atomic E-state index is -0.321. The van der Waals surface area contributed by atoms with Crippen molar-refractivity contribution in [2.24, 2.45) is 11.8 Å². The molecule has 1 aromatic carbocycles. The van der Waals surface area contributed by atoms with Gasteiger partial charge in [0.25, 0.3) is 0 Å². The standard InChI is InChI=1S/C18H25FN2O2/c1-3-21(4-2)18(23)14-7-5-13(6-8-14)17(22)20-16-11-9-15(19)10-12-16/h9-14H,3-8H2,1-2H3,(H,20,22). The lowest BCUT2D eigenvalue weighted by molar-refractivity contribution is -0.137. The molecular formula is C18H25FN2O2. The molecule has 2 amide bonds. The molecule has 0 spiro atoms. The van der Waals surface area contributed by atoms with Gasteiger partial charge in [0, 0.05) is 30.6 Å². The van der Waals surface area contributed by atoms with E-state index in [1.165, 1.54) is 12.1 Å². The Kier molecular flexibility index (Phi) is 6.13. The van der Waals surface area contributed by atoms with Gasteiger partial charge >= 0.3 is 0 Å². The predicted octanol–water partition coefficient (Wildman–Crippen LogP) is 3.44. The van der Waals surface area contributed by atoms with Crippen LogP contribution in [0, 0.1) is 17.7 Å². The second kappa shape index (κ2) is 8.09. The van der Waals surface area contributed by atoms with E-state index >= 15 is 0 Å². The Balaban J connectivity index is 1.85. The number of halogens is 1. The topological polar surface area (TPSA) is 49.4 Å². The fraction of sp³-hybridized carbons (Fsp3) is 0.556. The Morgan fingerprint density at radius 3 is 2.09 bits per heavy atom. The first-order valence-electron chi connectivity index (χ1n) is 8.40. The van der Waals surface area contributed by atoms with Crippen LogP contribution in [0.2, 0.25) is 0 Å². The maximum atomic E-state index is 12.9. The highest BCUT2D eigenvalue weighted by Crippen LogP contribution is 2.31. The van der Waals surface area contributed by atoms with Crippen LogP contribution in [0.3, 0.4) is 0 Å². The Labute approximate surface area is 137 Å². The van der Waals surface area contributed by atoms with Gasteiger partial charge in [-0.15, -0.1) is 0 Å². The highest BCUT2D eigenvalue weighted by Gasteiger charge is 2.31. The van der Waals surface area contributed by atoms with E-state index in [1.807, 2.05) is 18.7 Å². The predicted molar refractivity (Wildman–Crippen MR) is 88.4 cm³/mol. The normalized spacial score (nSPS) is 20.8. The van der Waals surface area contributed by atoms with Crippen molar-refractivity contribution in [3.05, 3.63) is 30.1 Å². The van der Waals surface area contributed by atoms with Crippen molar-refractivity contribution < 1.29 is 14.0 Å². The van der Waals surface area contributed by atoms with E-state index in [1.54, 1.807) is 12.1 Å². The molecule has 2 rings (SSSR count). The molecule has 0 saturated heterocycles. The van der Waals surface area contributed by atoms with E-state index in [9.17, 15) is 14.0 Å². The second-order valence-corrected chi connectivity index (χ2v) is 6.06. The van der Waals surface area contributed by atoms with E-state index < -0.39 is 0 Å². The lowest BCUT2D eigenvalue weighted by Gasteiger charge is -2.30. The number of rotatable bonds is 5. The molecule has 0 unspecified atom stereocenters. The molecule has 0 atom stereocenters. The molecule has 0 bridgehead atoms. The number of carbonyl (C=O) groups is 2. The fourth-order valence-electron chi connectivity index (χ4n) is 3.17. The molecule has 1 aliphatic rings. The molecule has 23 heavy (non-hydrogen) atoms. The summed E-state index contributed by atoms with van der Waals surface area (Å²) in [5, 5.41) is 2.83. The third-order valence-corrected chi connectivity index (χ3v) is 4.63. The molecule has 5 heteroatoms. The van der Waals surface area contributed by atoms with Crippen molar-refractivity contribution in [3.8, 4) is 0 Å². The van der Waals surface area contributed by atoms with Gasteiger partial charge in [-0.2, -0.15) is 0 Å². The van der Waals surface area contributed by atoms with Crippen LogP contribution in [0.4, 0.5) is 10.1 Å². The second-order valence-electron chi connectivity index (χ2n) is 6.06. The number of amides is 2. The van der Waals surface area contributed by atoms with E-state index in [0.717, 1.165) is 38.8 Å². The number of anilines is 1. The summed E-state index contributed by atoms with van der Waals surface area (Å²) in [4.78, 5) is 26.5. The van der Waals surface area contributed by atoms with Crippen molar-refractivity contribution in [3.63, 3.8) is 0 Å². The third-order valence-electron chi connectivity index (χ3n) is 4.63. The average molecular weight is 320 g/mol. The number of hydrogen-bond acceptors (Lipinski definition) is 2. The minimum absolute atomic E-state index is 0.0367. The van der Waals surface area contributed by atoms with Crippen LogP contribution < -0.4 is 5.32 Å². The molecule has 0 aromatic heterocycles. The number of carbonyl (C=O) groups excluding carboxylic acids is 2. The molecule has 1 fully saturated rings. The van der Waals surface area contributed by atoms with E-state index in [2.05, 4.69) is 5.32 Å². The highest BCUT2D eigenvalue weighted by atomic mass is 19.1. The van der Waals surface area contributed by atoms with Gasteiger partial charge in [0.05, 0.1) is 0 Å². The van der Waals surface area contributed by atoms with Crippen molar-refractivity contribution in [2.75, 3.05) is 18.4 Å². The maximum absolute atomic E-state index is 12.9. The molecule has 1 aliphatic carbocycles. The largest absolute Gasteiger partial charge is 0.343 e. The van der Waals surface area contributed by atoms with E-state index in [0.29, 0.717) is 5.69 Å². The molecule has 126 valence electrons. The van der Waals surface area contributed by atoms with E-state index in [4.69, 9.17) is 0 Å². The molecular weight excluding hydrogens is 295 g/mol. The Morgan fingerprint density at radius 2 is 1.57 bits per heavy atom. The van der Waals surface area contributed by atoms with Crippen LogP contribution in [0.15, 0.2) is 24.3 Å². The molecule has 1 saturated carbocycles. The van der Waals surface area contributed by atoms with Crippen LogP contribution >= 0.6 is 0 Å². The van der Waals surface area contributed by atoms with Crippen LogP contribution in [0.1, 0.15) is 39.5 Å². The zero-order valence-corrected chi connectivity index (χ0v) is 13.8. The molecule has 1 aromatic rings. The van der Waals surface area contributed by atoms with Crippen molar-refractivity contribution in [2.45, 2.75) is 39.5 Å². The van der Waals surface area contributed by atoms with Crippen LogP contribution in [0.25, 0.3) is 0 Å². The van der Waals surface area contributed by atoms with Crippen molar-refractivity contribution in [1.29, 1.82) is 0 Å². The molecule has 0 heterocycles. The summed E-state index contributed by atoms with van der Waals surface area (Å²) in [5.41, 5.74) is 0.609. The van der Waals surface area contributed by atoms with Crippen LogP contribution in [-0.2, 0) is 9.59 Å². The third kappa shape index (κ3) is 4.53. The summed E-state index contributed by atoms with van der Waals surface area (Å²) >= 11 is 0. The number of benzene rings is 1. The summed E-state index contributed by atoms with van der Waals surface area (Å²) in [6, 6.07) is 5.77. The lowest BCUT2D eigenvalue weighted by Crippen LogP contribution is -2.38.